The van der Waals surface area contributed by atoms with Gasteiger partial charge in [0, 0.05) is 6.20 Å². The molecule has 0 bridgehead atoms. The molecular formula is C13H16ClN3O4. The van der Waals surface area contributed by atoms with E-state index in [1.165, 1.54) is 12.3 Å². The monoisotopic (exact) mass is 313 g/mol. The summed E-state index contributed by atoms with van der Waals surface area (Å²) < 4.78 is 0. The maximum atomic E-state index is 12.3. The summed E-state index contributed by atoms with van der Waals surface area (Å²) in [7, 11) is 0. The van der Waals surface area contributed by atoms with Gasteiger partial charge in [-0.2, -0.15) is 0 Å². The number of carbonyl (C=O) groups is 1. The van der Waals surface area contributed by atoms with Crippen LogP contribution in [0.15, 0.2) is 12.3 Å². The standard InChI is InChI=1S/C13H16ClN3O4/c14-11-10(17(20)21)9(4-7-15-11)12(19)16-13(8-18)5-2-1-3-6-13/h4,7,18H,1-3,5-6,8H2,(H,16,19). The summed E-state index contributed by atoms with van der Waals surface area (Å²) >= 11 is 5.70. The van der Waals surface area contributed by atoms with E-state index in [9.17, 15) is 20.0 Å². The maximum absolute atomic E-state index is 12.3. The van der Waals surface area contributed by atoms with E-state index in [4.69, 9.17) is 11.6 Å². The Morgan fingerprint density at radius 3 is 2.71 bits per heavy atom. The topological polar surface area (TPSA) is 105 Å². The molecule has 0 spiro atoms. The molecule has 0 aliphatic heterocycles. The number of pyridine rings is 1. The van der Waals surface area contributed by atoms with Crippen LogP contribution >= 0.6 is 11.6 Å². The molecule has 1 aromatic heterocycles. The maximum Gasteiger partial charge on any atom is 0.319 e. The van der Waals surface area contributed by atoms with Crippen LogP contribution in [-0.2, 0) is 0 Å². The van der Waals surface area contributed by atoms with Crippen molar-refractivity contribution in [1.82, 2.24) is 10.3 Å². The summed E-state index contributed by atoms with van der Waals surface area (Å²) in [6.45, 7) is -0.189. The van der Waals surface area contributed by atoms with Crippen molar-refractivity contribution in [2.24, 2.45) is 0 Å². The van der Waals surface area contributed by atoms with Crippen LogP contribution in [0.2, 0.25) is 5.15 Å². The molecule has 7 nitrogen and oxygen atoms in total. The minimum Gasteiger partial charge on any atom is -0.394 e. The first-order chi connectivity index (χ1) is 9.99. The summed E-state index contributed by atoms with van der Waals surface area (Å²) in [4.78, 5) is 26.3. The van der Waals surface area contributed by atoms with Crippen LogP contribution in [0.3, 0.4) is 0 Å². The van der Waals surface area contributed by atoms with E-state index in [0.29, 0.717) is 12.8 Å². The van der Waals surface area contributed by atoms with Gasteiger partial charge in [-0.15, -0.1) is 0 Å². The number of hydrogen-bond acceptors (Lipinski definition) is 5. The van der Waals surface area contributed by atoms with E-state index >= 15 is 0 Å². The number of halogens is 1. The van der Waals surface area contributed by atoms with Gasteiger partial charge >= 0.3 is 5.69 Å². The van der Waals surface area contributed by atoms with Gasteiger partial charge in [0.05, 0.1) is 17.1 Å². The Labute approximate surface area is 126 Å². The lowest BCUT2D eigenvalue weighted by Crippen LogP contribution is -2.52. The highest BCUT2D eigenvalue weighted by Gasteiger charge is 2.35. The highest BCUT2D eigenvalue weighted by molar-refractivity contribution is 6.32. The quantitative estimate of drug-likeness (QED) is 0.503. The number of aromatic nitrogens is 1. The molecule has 1 saturated carbocycles. The minimum atomic E-state index is -0.725. The highest BCUT2D eigenvalue weighted by atomic mass is 35.5. The first kappa shape index (κ1) is 15.7. The SMILES string of the molecule is O=C(NC1(CO)CCCCC1)c1ccnc(Cl)c1[N+](=O)[O-]. The summed E-state index contributed by atoms with van der Waals surface area (Å²) in [5.41, 5.74) is -1.36. The van der Waals surface area contributed by atoms with Gasteiger partial charge < -0.3 is 10.4 Å². The second-order valence-corrected chi connectivity index (χ2v) is 5.57. The lowest BCUT2D eigenvalue weighted by molar-refractivity contribution is -0.385. The molecule has 1 amide bonds. The molecule has 0 atom stereocenters. The molecule has 0 unspecified atom stereocenters. The van der Waals surface area contributed by atoms with E-state index in [0.717, 1.165) is 19.3 Å². The third-order valence-corrected chi connectivity index (χ3v) is 4.08. The molecule has 2 rings (SSSR count). The second kappa shape index (κ2) is 6.36. The molecule has 1 aliphatic rings. The lowest BCUT2D eigenvalue weighted by Gasteiger charge is -2.36. The Bertz CT molecular complexity index is 558. The van der Waals surface area contributed by atoms with Gasteiger partial charge in [-0.1, -0.05) is 30.9 Å². The normalized spacial score (nSPS) is 17.2. The van der Waals surface area contributed by atoms with E-state index < -0.39 is 22.1 Å². The van der Waals surface area contributed by atoms with Gasteiger partial charge in [-0.25, -0.2) is 4.98 Å². The average molecular weight is 314 g/mol. The summed E-state index contributed by atoms with van der Waals surface area (Å²) in [6.07, 6.45) is 5.42. The zero-order valence-corrected chi connectivity index (χ0v) is 12.1. The number of nitrogens with one attached hydrogen (secondary N) is 1. The van der Waals surface area contributed by atoms with Crippen LogP contribution in [0.25, 0.3) is 0 Å². The zero-order valence-electron chi connectivity index (χ0n) is 11.3. The highest BCUT2D eigenvalue weighted by Crippen LogP contribution is 2.30. The van der Waals surface area contributed by atoms with Crippen LogP contribution in [0.5, 0.6) is 0 Å². The molecule has 0 aromatic carbocycles. The van der Waals surface area contributed by atoms with E-state index in [2.05, 4.69) is 10.3 Å². The molecule has 1 fully saturated rings. The predicted octanol–water partition coefficient (Wildman–Crippen LogP) is 2.07. The van der Waals surface area contributed by atoms with Gasteiger partial charge in [-0.3, -0.25) is 14.9 Å². The third kappa shape index (κ3) is 3.30. The molecule has 0 saturated heterocycles. The first-order valence-electron chi connectivity index (χ1n) is 6.71. The van der Waals surface area contributed by atoms with Crippen LogP contribution in [0.4, 0.5) is 5.69 Å². The fourth-order valence-corrected chi connectivity index (χ4v) is 2.87. The molecule has 1 aliphatic carbocycles. The van der Waals surface area contributed by atoms with Crippen molar-refractivity contribution >= 4 is 23.2 Å². The van der Waals surface area contributed by atoms with Gasteiger partial charge in [-0.05, 0) is 18.9 Å². The van der Waals surface area contributed by atoms with Crippen molar-refractivity contribution in [2.45, 2.75) is 37.6 Å². The Morgan fingerprint density at radius 1 is 1.48 bits per heavy atom. The average Bonchev–Trinajstić information content (AvgIpc) is 2.47. The Hall–Kier alpha value is -1.73. The fraction of sp³-hybridized carbons (Fsp3) is 0.538. The van der Waals surface area contributed by atoms with Crippen molar-refractivity contribution in [1.29, 1.82) is 0 Å². The first-order valence-corrected chi connectivity index (χ1v) is 7.09. The lowest BCUT2D eigenvalue weighted by atomic mass is 9.82. The largest absolute Gasteiger partial charge is 0.394 e. The number of nitro groups is 1. The van der Waals surface area contributed by atoms with Crippen molar-refractivity contribution < 1.29 is 14.8 Å². The number of hydrogen-bond donors (Lipinski definition) is 2. The van der Waals surface area contributed by atoms with E-state index in [1.807, 2.05) is 0 Å². The van der Waals surface area contributed by atoms with Crippen molar-refractivity contribution in [3.8, 4) is 0 Å². The number of nitrogens with zero attached hydrogens (tertiary/aromatic N) is 2. The van der Waals surface area contributed by atoms with Crippen LogP contribution in [0.1, 0.15) is 42.5 Å². The van der Waals surface area contributed by atoms with E-state index in [-0.39, 0.29) is 17.3 Å². The third-order valence-electron chi connectivity index (χ3n) is 3.80. The van der Waals surface area contributed by atoms with Crippen LogP contribution < -0.4 is 5.32 Å². The van der Waals surface area contributed by atoms with Gasteiger partial charge in [0.15, 0.2) is 0 Å². The molecule has 1 heterocycles. The van der Waals surface area contributed by atoms with Gasteiger partial charge in [0.2, 0.25) is 5.15 Å². The fourth-order valence-electron chi connectivity index (χ4n) is 2.64. The number of amides is 1. The summed E-state index contributed by atoms with van der Waals surface area (Å²) in [5, 5.41) is 23.0. The number of aliphatic hydroxyl groups excluding tert-OH is 1. The Balaban J connectivity index is 2.28. The number of carbonyl (C=O) groups excluding carboxylic acids is 1. The summed E-state index contributed by atoms with van der Waals surface area (Å²) in [6, 6.07) is 1.26. The summed E-state index contributed by atoms with van der Waals surface area (Å²) in [5.74, 6) is -0.609. The molecular weight excluding hydrogens is 298 g/mol. The van der Waals surface area contributed by atoms with E-state index in [1.54, 1.807) is 0 Å². The molecule has 114 valence electrons. The zero-order chi connectivity index (χ0) is 15.5. The molecule has 21 heavy (non-hydrogen) atoms. The van der Waals surface area contributed by atoms with Gasteiger partial charge in [0.1, 0.15) is 5.56 Å². The van der Waals surface area contributed by atoms with Crippen LogP contribution in [0, 0.1) is 10.1 Å². The molecule has 2 N–H and O–H groups in total. The van der Waals surface area contributed by atoms with Crippen molar-refractivity contribution in [3.63, 3.8) is 0 Å². The Kier molecular flexibility index (Phi) is 4.74. The van der Waals surface area contributed by atoms with Gasteiger partial charge in [0.25, 0.3) is 5.91 Å². The second-order valence-electron chi connectivity index (χ2n) is 5.21. The Morgan fingerprint density at radius 2 is 2.14 bits per heavy atom. The smallest absolute Gasteiger partial charge is 0.319 e. The van der Waals surface area contributed by atoms with Crippen molar-refractivity contribution in [2.75, 3.05) is 6.61 Å². The number of rotatable bonds is 4. The molecule has 1 aromatic rings. The molecule has 0 radical (unpaired) electrons. The van der Waals surface area contributed by atoms with Crippen molar-refractivity contribution in [3.05, 3.63) is 33.1 Å². The van der Waals surface area contributed by atoms with Crippen LogP contribution in [-0.4, -0.2) is 33.1 Å². The minimum absolute atomic E-state index is 0.140. The number of aliphatic hydroxyl groups is 1. The molecule has 8 heteroatoms. The predicted molar refractivity (Wildman–Crippen MR) is 76.3 cm³/mol.